The molecule has 17 heavy (non-hydrogen) atoms. The summed E-state index contributed by atoms with van der Waals surface area (Å²) < 4.78 is 0. The molecule has 0 saturated carbocycles. The summed E-state index contributed by atoms with van der Waals surface area (Å²) in [6.07, 6.45) is 2.57. The summed E-state index contributed by atoms with van der Waals surface area (Å²) in [5.74, 6) is 0. The van der Waals surface area contributed by atoms with Crippen molar-refractivity contribution < 1.29 is 0 Å². The molecule has 1 heteroatoms. The number of fused-ring (bicyclic) bond motifs is 1. The Balaban J connectivity index is 2.05. The summed E-state index contributed by atoms with van der Waals surface area (Å²) in [7, 11) is 0. The van der Waals surface area contributed by atoms with Crippen LogP contribution in [0.3, 0.4) is 0 Å². The number of benzene rings is 2. The second-order valence-electron chi connectivity index (χ2n) is 5.40. The van der Waals surface area contributed by atoms with E-state index in [1.54, 1.807) is 0 Å². The van der Waals surface area contributed by atoms with Gasteiger partial charge in [0.1, 0.15) is 0 Å². The van der Waals surface area contributed by atoms with Gasteiger partial charge in [0.05, 0.1) is 0 Å². The van der Waals surface area contributed by atoms with Gasteiger partial charge in [0.2, 0.25) is 0 Å². The molecule has 0 bridgehead atoms. The van der Waals surface area contributed by atoms with E-state index in [4.69, 9.17) is 0 Å². The normalized spacial score (nSPS) is 25.0. The highest BCUT2D eigenvalue weighted by Crippen LogP contribution is 2.32. The average Bonchev–Trinajstić information content (AvgIpc) is 2.39. The lowest BCUT2D eigenvalue weighted by molar-refractivity contribution is 0.340. The van der Waals surface area contributed by atoms with Gasteiger partial charge in [-0.15, -0.1) is 0 Å². The first-order valence-electron chi connectivity index (χ1n) is 6.48. The van der Waals surface area contributed by atoms with E-state index in [0.717, 1.165) is 6.54 Å². The molecule has 1 unspecified atom stereocenters. The molecular weight excluding hydrogens is 206 g/mol. The number of rotatable bonds is 1. The summed E-state index contributed by atoms with van der Waals surface area (Å²) in [5, 5.41) is 6.22. The van der Waals surface area contributed by atoms with E-state index in [-0.39, 0.29) is 0 Å². The van der Waals surface area contributed by atoms with Crippen LogP contribution in [0, 0.1) is 0 Å². The van der Waals surface area contributed by atoms with E-state index in [0.29, 0.717) is 5.41 Å². The quantitative estimate of drug-likeness (QED) is 0.783. The van der Waals surface area contributed by atoms with Gasteiger partial charge in [0, 0.05) is 12.0 Å². The standard InChI is InChI=1S/C16H19N/c1-16(9-4-10-17-12-16)15-8-7-13-5-2-3-6-14(13)11-15/h2-3,5-8,11,17H,4,9-10,12H2,1H3. The summed E-state index contributed by atoms with van der Waals surface area (Å²) in [5.41, 5.74) is 1.78. The molecule has 0 aliphatic carbocycles. The first-order valence-corrected chi connectivity index (χ1v) is 6.48. The number of piperidine rings is 1. The molecular formula is C16H19N. The highest BCUT2D eigenvalue weighted by atomic mass is 14.9. The van der Waals surface area contributed by atoms with Gasteiger partial charge in [-0.1, -0.05) is 49.4 Å². The lowest BCUT2D eigenvalue weighted by Gasteiger charge is -2.34. The number of hydrogen-bond donors (Lipinski definition) is 1. The van der Waals surface area contributed by atoms with E-state index in [1.807, 2.05) is 0 Å². The van der Waals surface area contributed by atoms with Crippen LogP contribution < -0.4 is 5.32 Å². The van der Waals surface area contributed by atoms with Crippen molar-refractivity contribution in [2.75, 3.05) is 13.1 Å². The predicted molar refractivity (Wildman–Crippen MR) is 73.4 cm³/mol. The molecule has 1 N–H and O–H groups in total. The van der Waals surface area contributed by atoms with E-state index < -0.39 is 0 Å². The lowest BCUT2D eigenvalue weighted by atomic mass is 9.76. The molecule has 1 heterocycles. The van der Waals surface area contributed by atoms with Gasteiger partial charge < -0.3 is 5.32 Å². The van der Waals surface area contributed by atoms with Gasteiger partial charge >= 0.3 is 0 Å². The molecule has 88 valence electrons. The molecule has 0 spiro atoms. The monoisotopic (exact) mass is 225 g/mol. The molecule has 1 nitrogen and oxygen atoms in total. The maximum absolute atomic E-state index is 3.52. The molecule has 0 amide bonds. The maximum Gasteiger partial charge on any atom is 0.00502 e. The third-order valence-electron chi connectivity index (χ3n) is 4.04. The van der Waals surface area contributed by atoms with Crippen molar-refractivity contribution >= 4 is 10.8 Å². The SMILES string of the molecule is CC1(c2ccc3ccccc3c2)CCCNC1. The largest absolute Gasteiger partial charge is 0.316 e. The van der Waals surface area contributed by atoms with Crippen molar-refractivity contribution in [1.82, 2.24) is 5.32 Å². The lowest BCUT2D eigenvalue weighted by Crippen LogP contribution is -2.41. The van der Waals surface area contributed by atoms with Crippen LogP contribution in [-0.4, -0.2) is 13.1 Å². The molecule has 0 radical (unpaired) electrons. The Hall–Kier alpha value is -1.34. The van der Waals surface area contributed by atoms with Crippen LogP contribution in [0.4, 0.5) is 0 Å². The van der Waals surface area contributed by atoms with E-state index in [1.165, 1.54) is 35.7 Å². The molecule has 1 saturated heterocycles. The second-order valence-corrected chi connectivity index (χ2v) is 5.40. The van der Waals surface area contributed by atoms with Crippen LogP contribution in [0.1, 0.15) is 25.3 Å². The number of nitrogens with one attached hydrogen (secondary N) is 1. The van der Waals surface area contributed by atoms with Gasteiger partial charge in [-0.3, -0.25) is 0 Å². The molecule has 0 aromatic heterocycles. The Morgan fingerprint density at radius 2 is 1.88 bits per heavy atom. The third-order valence-corrected chi connectivity index (χ3v) is 4.04. The molecule has 3 rings (SSSR count). The second kappa shape index (κ2) is 4.15. The van der Waals surface area contributed by atoms with Crippen molar-refractivity contribution in [3.8, 4) is 0 Å². The first kappa shape index (κ1) is 10.8. The average molecular weight is 225 g/mol. The van der Waals surface area contributed by atoms with Crippen molar-refractivity contribution in [3.63, 3.8) is 0 Å². The highest BCUT2D eigenvalue weighted by molar-refractivity contribution is 5.83. The fraction of sp³-hybridized carbons (Fsp3) is 0.375. The summed E-state index contributed by atoms with van der Waals surface area (Å²) in [6.45, 7) is 4.65. The van der Waals surface area contributed by atoms with Crippen LogP contribution in [-0.2, 0) is 5.41 Å². The minimum absolute atomic E-state index is 0.308. The fourth-order valence-electron chi connectivity index (χ4n) is 2.87. The van der Waals surface area contributed by atoms with Crippen LogP contribution in [0.5, 0.6) is 0 Å². The zero-order valence-electron chi connectivity index (χ0n) is 10.4. The fourth-order valence-corrected chi connectivity index (χ4v) is 2.87. The van der Waals surface area contributed by atoms with Gasteiger partial charge in [-0.05, 0) is 35.7 Å². The molecule has 1 fully saturated rings. The van der Waals surface area contributed by atoms with Crippen LogP contribution in [0.15, 0.2) is 42.5 Å². The van der Waals surface area contributed by atoms with Crippen LogP contribution >= 0.6 is 0 Å². The molecule has 1 aliphatic heterocycles. The van der Waals surface area contributed by atoms with Crippen molar-refractivity contribution in [2.45, 2.75) is 25.2 Å². The topological polar surface area (TPSA) is 12.0 Å². The minimum Gasteiger partial charge on any atom is -0.316 e. The number of hydrogen-bond acceptors (Lipinski definition) is 1. The third kappa shape index (κ3) is 1.96. The van der Waals surface area contributed by atoms with E-state index in [2.05, 4.69) is 54.7 Å². The molecule has 2 aromatic rings. The Labute approximate surface area is 103 Å². The summed E-state index contributed by atoms with van der Waals surface area (Å²) in [4.78, 5) is 0. The molecule has 1 atom stereocenters. The van der Waals surface area contributed by atoms with Gasteiger partial charge in [-0.2, -0.15) is 0 Å². The van der Waals surface area contributed by atoms with Crippen LogP contribution in [0.25, 0.3) is 10.8 Å². The summed E-state index contributed by atoms with van der Waals surface area (Å²) in [6, 6.07) is 15.5. The van der Waals surface area contributed by atoms with E-state index in [9.17, 15) is 0 Å². The Morgan fingerprint density at radius 1 is 1.06 bits per heavy atom. The van der Waals surface area contributed by atoms with E-state index >= 15 is 0 Å². The maximum atomic E-state index is 3.52. The van der Waals surface area contributed by atoms with Crippen molar-refractivity contribution in [3.05, 3.63) is 48.0 Å². The van der Waals surface area contributed by atoms with Gasteiger partial charge in [0.15, 0.2) is 0 Å². The van der Waals surface area contributed by atoms with Crippen LogP contribution in [0.2, 0.25) is 0 Å². The zero-order valence-corrected chi connectivity index (χ0v) is 10.4. The molecule has 1 aliphatic rings. The van der Waals surface area contributed by atoms with Gasteiger partial charge in [-0.25, -0.2) is 0 Å². The van der Waals surface area contributed by atoms with Crippen molar-refractivity contribution in [1.29, 1.82) is 0 Å². The first-order chi connectivity index (χ1) is 8.28. The smallest absolute Gasteiger partial charge is 0.00502 e. The van der Waals surface area contributed by atoms with Gasteiger partial charge in [0.25, 0.3) is 0 Å². The Kier molecular flexibility index (Phi) is 2.64. The predicted octanol–water partition coefficient (Wildman–Crippen LogP) is 3.48. The van der Waals surface area contributed by atoms with Crippen molar-refractivity contribution in [2.24, 2.45) is 0 Å². The minimum atomic E-state index is 0.308. The zero-order chi connectivity index (χ0) is 11.7. The Morgan fingerprint density at radius 3 is 2.65 bits per heavy atom. The Bertz CT molecular complexity index is 524. The summed E-state index contributed by atoms with van der Waals surface area (Å²) >= 11 is 0. The molecule has 2 aromatic carbocycles. The highest BCUT2D eigenvalue weighted by Gasteiger charge is 2.28.